The highest BCUT2D eigenvalue weighted by atomic mass is 32.1. The lowest BCUT2D eigenvalue weighted by molar-refractivity contribution is 0.0194. The van der Waals surface area contributed by atoms with E-state index in [1.54, 1.807) is 36.4 Å². The molecule has 0 unspecified atom stereocenters. The first-order valence-electron chi connectivity index (χ1n) is 12.6. The molecule has 0 aromatic carbocycles. The Morgan fingerprint density at radius 3 is 2.73 bits per heavy atom. The lowest BCUT2D eigenvalue weighted by Gasteiger charge is -2.30. The Morgan fingerprint density at radius 1 is 1.27 bits per heavy atom. The van der Waals surface area contributed by atoms with Gasteiger partial charge in [0.1, 0.15) is 34.2 Å². The van der Waals surface area contributed by atoms with Crippen molar-refractivity contribution in [1.82, 2.24) is 24.0 Å². The fourth-order valence-electron chi connectivity index (χ4n) is 4.16. The fourth-order valence-corrected chi connectivity index (χ4v) is 4.81. The topological polar surface area (TPSA) is 112 Å². The van der Waals surface area contributed by atoms with Crippen LogP contribution in [0.5, 0.6) is 0 Å². The number of pyridine rings is 1. The van der Waals surface area contributed by atoms with Crippen LogP contribution in [0.25, 0.3) is 27.0 Å². The van der Waals surface area contributed by atoms with Gasteiger partial charge in [0.25, 0.3) is 5.56 Å². The third-order valence-corrected chi connectivity index (χ3v) is 6.77. The second kappa shape index (κ2) is 12.1. The maximum atomic E-state index is 14.7. The molecule has 1 amide bonds. The summed E-state index contributed by atoms with van der Waals surface area (Å²) in [7, 11) is 1.48. The Labute approximate surface area is 233 Å². The van der Waals surface area contributed by atoms with E-state index in [-0.39, 0.29) is 47.0 Å². The summed E-state index contributed by atoms with van der Waals surface area (Å²) < 4.78 is 51.5. The highest BCUT2D eigenvalue weighted by Crippen LogP contribution is 2.37. The van der Waals surface area contributed by atoms with Gasteiger partial charge in [-0.3, -0.25) is 9.48 Å². The van der Waals surface area contributed by atoms with Gasteiger partial charge in [0, 0.05) is 36.9 Å². The minimum atomic E-state index is -0.642. The summed E-state index contributed by atoms with van der Waals surface area (Å²) >= 11 is 0.954. The number of methoxy groups -OCH3 is 1. The van der Waals surface area contributed by atoms with Crippen LogP contribution in [0.1, 0.15) is 39.0 Å². The van der Waals surface area contributed by atoms with E-state index in [1.165, 1.54) is 26.3 Å². The van der Waals surface area contributed by atoms with Gasteiger partial charge in [-0.1, -0.05) is 6.08 Å². The Bertz CT molecular complexity index is 1550. The molecule has 1 N–H and O–H groups in total. The van der Waals surface area contributed by atoms with Gasteiger partial charge >= 0.3 is 6.09 Å². The summed E-state index contributed by atoms with van der Waals surface area (Å²) in [5, 5.41) is 5.00. The largest absolute Gasteiger partial charge is 0.490 e. The van der Waals surface area contributed by atoms with Crippen LogP contribution in [0.3, 0.4) is 0 Å². The molecule has 40 heavy (non-hydrogen) atoms. The standard InChI is InChI=1S/C27H31F2N5O5S/c1-6-16(29)11-21(38-10-9-37-5)18(13-28)22-19-14-30-40-24(19)25(35)31-23(22)20-12-17-15-33(7-8-34(17)32-20)26(36)39-27(2,3)4/h6,11-14H,7-10,15H2,1-5H3,(H,31,35)/b16-6+,18-13?,21-11+. The number of allylic oxidation sites excluding steroid dienone is 4. The number of ether oxygens (including phenoxy) is 3. The number of nitrogens with one attached hydrogen (secondary N) is 1. The van der Waals surface area contributed by atoms with E-state index in [0.29, 0.717) is 36.2 Å². The number of aromatic amines is 1. The van der Waals surface area contributed by atoms with Crippen molar-refractivity contribution in [3.63, 3.8) is 0 Å². The maximum absolute atomic E-state index is 14.7. The van der Waals surface area contributed by atoms with E-state index in [0.717, 1.165) is 17.6 Å². The molecule has 4 heterocycles. The molecule has 0 saturated heterocycles. The van der Waals surface area contributed by atoms with E-state index >= 15 is 0 Å². The molecule has 1 aliphatic rings. The van der Waals surface area contributed by atoms with Gasteiger partial charge in [-0.15, -0.1) is 0 Å². The SMILES string of the molecule is C/C=C(F)\C=C(\OCCOC)C(=CF)c1c(-c2cc3n(n2)CCN(C(=O)OC(C)(C)C)C3)[nH]c(=O)c2sncc12. The van der Waals surface area contributed by atoms with Crippen molar-refractivity contribution in [2.45, 2.75) is 46.4 Å². The van der Waals surface area contributed by atoms with E-state index in [2.05, 4.69) is 14.5 Å². The molecular weight excluding hydrogens is 544 g/mol. The van der Waals surface area contributed by atoms with Crippen LogP contribution in [0, 0.1) is 0 Å². The molecule has 3 aromatic heterocycles. The lowest BCUT2D eigenvalue weighted by Crippen LogP contribution is -2.41. The second-order valence-electron chi connectivity index (χ2n) is 9.96. The smallest absolute Gasteiger partial charge is 0.410 e. The number of hydrogen-bond acceptors (Lipinski definition) is 8. The summed E-state index contributed by atoms with van der Waals surface area (Å²) in [6, 6.07) is 1.72. The number of amides is 1. The zero-order valence-corrected chi connectivity index (χ0v) is 23.7. The molecule has 10 nitrogen and oxygen atoms in total. The molecule has 0 aliphatic carbocycles. The molecule has 3 aromatic rings. The molecular formula is C27H31F2N5O5S. The quantitative estimate of drug-likeness (QED) is 0.220. The average Bonchev–Trinajstić information content (AvgIpc) is 3.56. The number of carbonyl (C=O) groups excluding carboxylic acids is 1. The molecule has 0 bridgehead atoms. The van der Waals surface area contributed by atoms with Gasteiger partial charge in [-0.05, 0) is 45.3 Å². The van der Waals surface area contributed by atoms with Crippen molar-refractivity contribution in [3.05, 3.63) is 63.9 Å². The number of aromatic nitrogens is 4. The zero-order valence-electron chi connectivity index (χ0n) is 22.9. The number of fused-ring (bicyclic) bond motifs is 2. The van der Waals surface area contributed by atoms with Crippen molar-refractivity contribution in [3.8, 4) is 11.4 Å². The minimum absolute atomic E-state index is 0.0274. The van der Waals surface area contributed by atoms with Gasteiger partial charge in [0.05, 0.1) is 43.0 Å². The number of rotatable bonds is 8. The highest BCUT2D eigenvalue weighted by molar-refractivity contribution is 7.13. The minimum Gasteiger partial charge on any atom is -0.490 e. The first kappa shape index (κ1) is 29.2. The van der Waals surface area contributed by atoms with E-state index in [9.17, 15) is 18.4 Å². The van der Waals surface area contributed by atoms with Crippen LogP contribution in [0.2, 0.25) is 0 Å². The van der Waals surface area contributed by atoms with E-state index < -0.39 is 23.1 Å². The van der Waals surface area contributed by atoms with Gasteiger partial charge in [0.15, 0.2) is 0 Å². The van der Waals surface area contributed by atoms with Crippen molar-refractivity contribution in [2.75, 3.05) is 26.9 Å². The molecule has 0 fully saturated rings. The Kier molecular flexibility index (Phi) is 8.84. The predicted octanol–water partition coefficient (Wildman–Crippen LogP) is 5.33. The van der Waals surface area contributed by atoms with Crippen LogP contribution in [-0.2, 0) is 27.3 Å². The lowest BCUT2D eigenvalue weighted by atomic mass is 9.98. The Morgan fingerprint density at radius 2 is 2.05 bits per heavy atom. The molecule has 0 spiro atoms. The first-order valence-corrected chi connectivity index (χ1v) is 13.4. The number of carbonyl (C=O) groups is 1. The van der Waals surface area contributed by atoms with Crippen molar-refractivity contribution in [1.29, 1.82) is 0 Å². The normalized spacial score (nSPS) is 15.0. The van der Waals surface area contributed by atoms with Gasteiger partial charge in [-0.2, -0.15) is 9.47 Å². The number of nitrogens with zero attached hydrogens (tertiary/aromatic N) is 4. The van der Waals surface area contributed by atoms with Crippen LogP contribution in [0.15, 0.2) is 47.1 Å². The van der Waals surface area contributed by atoms with Crippen molar-refractivity contribution in [2.24, 2.45) is 0 Å². The summed E-state index contributed by atoms with van der Waals surface area (Å²) in [4.78, 5) is 30.0. The van der Waals surface area contributed by atoms with Crippen LogP contribution >= 0.6 is 11.5 Å². The van der Waals surface area contributed by atoms with E-state index in [4.69, 9.17) is 14.2 Å². The number of H-pyrrole nitrogens is 1. The summed E-state index contributed by atoms with van der Waals surface area (Å²) in [5.74, 6) is -0.742. The molecule has 214 valence electrons. The van der Waals surface area contributed by atoms with Crippen LogP contribution in [-0.4, -0.2) is 62.6 Å². The summed E-state index contributed by atoms with van der Waals surface area (Å²) in [5.41, 5.74) is 0.291. The molecule has 0 radical (unpaired) electrons. The summed E-state index contributed by atoms with van der Waals surface area (Å²) in [6.07, 6.45) is 3.59. The monoisotopic (exact) mass is 575 g/mol. The fraction of sp³-hybridized carbons (Fsp3) is 0.407. The highest BCUT2D eigenvalue weighted by Gasteiger charge is 2.29. The van der Waals surface area contributed by atoms with Gasteiger partial charge in [-0.25, -0.2) is 13.6 Å². The van der Waals surface area contributed by atoms with Crippen molar-refractivity contribution >= 4 is 33.3 Å². The molecule has 1 aliphatic heterocycles. The Hall–Kier alpha value is -3.84. The summed E-state index contributed by atoms with van der Waals surface area (Å²) in [6.45, 7) is 8.09. The predicted molar refractivity (Wildman–Crippen MR) is 148 cm³/mol. The number of hydrogen-bond donors (Lipinski definition) is 1. The van der Waals surface area contributed by atoms with Crippen molar-refractivity contribution < 1.29 is 27.8 Å². The van der Waals surface area contributed by atoms with Gasteiger partial charge < -0.3 is 24.1 Å². The number of halogens is 2. The maximum Gasteiger partial charge on any atom is 0.410 e. The molecule has 4 rings (SSSR count). The molecule has 0 atom stereocenters. The Balaban J connectivity index is 1.82. The van der Waals surface area contributed by atoms with E-state index in [1.807, 2.05) is 0 Å². The average molecular weight is 576 g/mol. The second-order valence-corrected chi connectivity index (χ2v) is 10.8. The molecule has 13 heteroatoms. The molecule has 0 saturated carbocycles. The van der Waals surface area contributed by atoms with Crippen LogP contribution in [0.4, 0.5) is 13.6 Å². The first-order chi connectivity index (χ1) is 19.1. The van der Waals surface area contributed by atoms with Gasteiger partial charge in [0.2, 0.25) is 0 Å². The third kappa shape index (κ3) is 6.31. The van der Waals surface area contributed by atoms with Crippen LogP contribution < -0.4 is 5.56 Å². The zero-order chi connectivity index (χ0) is 29.0. The third-order valence-electron chi connectivity index (χ3n) is 5.97.